The molecule has 0 radical (unpaired) electrons. The Morgan fingerprint density at radius 1 is 1.28 bits per heavy atom. The van der Waals surface area contributed by atoms with E-state index in [9.17, 15) is 4.79 Å². The number of pyridine rings is 1. The Balaban J connectivity index is 1.60. The predicted octanol–water partition coefficient (Wildman–Crippen LogP) is 1.53. The lowest BCUT2D eigenvalue weighted by Gasteiger charge is -2.29. The number of morpholine rings is 1. The molecule has 0 spiro atoms. The molecule has 1 unspecified atom stereocenters. The van der Waals surface area contributed by atoms with Crippen LogP contribution in [0.3, 0.4) is 0 Å². The molecule has 2 saturated heterocycles. The fourth-order valence-corrected chi connectivity index (χ4v) is 3.69. The van der Waals surface area contributed by atoms with Crippen molar-refractivity contribution in [3.8, 4) is 0 Å². The van der Waals surface area contributed by atoms with Crippen molar-refractivity contribution >= 4 is 5.91 Å². The Hall–Kier alpha value is -1.50. The second kappa shape index (κ2) is 8.74. The van der Waals surface area contributed by atoms with E-state index >= 15 is 0 Å². The summed E-state index contributed by atoms with van der Waals surface area (Å²) in [5, 5.41) is 0. The first-order chi connectivity index (χ1) is 12.1. The minimum Gasteiger partial charge on any atom is -0.379 e. The molecule has 0 saturated carbocycles. The summed E-state index contributed by atoms with van der Waals surface area (Å²) in [4.78, 5) is 24.1. The molecule has 2 aliphatic heterocycles. The molecule has 2 fully saturated rings. The van der Waals surface area contributed by atoms with Gasteiger partial charge in [-0.25, -0.2) is 0 Å². The number of ether oxygens (including phenoxy) is 1. The topological polar surface area (TPSA) is 48.9 Å². The second-order valence-corrected chi connectivity index (χ2v) is 7.24. The van der Waals surface area contributed by atoms with Gasteiger partial charge in [0.25, 0.3) is 0 Å². The molecule has 0 bridgehead atoms. The summed E-state index contributed by atoms with van der Waals surface area (Å²) in [6.45, 7) is 5.94. The first-order valence-corrected chi connectivity index (χ1v) is 9.33. The molecule has 0 aliphatic carbocycles. The molecule has 1 aromatic heterocycles. The zero-order valence-electron chi connectivity index (χ0n) is 15.5. The van der Waals surface area contributed by atoms with Gasteiger partial charge in [-0.2, -0.15) is 0 Å². The van der Waals surface area contributed by atoms with E-state index in [2.05, 4.69) is 28.0 Å². The first kappa shape index (κ1) is 18.3. The van der Waals surface area contributed by atoms with Gasteiger partial charge in [0.1, 0.15) is 0 Å². The number of carbonyl (C=O) groups is 1. The predicted molar refractivity (Wildman–Crippen MR) is 97.2 cm³/mol. The number of carbonyl (C=O) groups excluding carboxylic acids is 1. The maximum absolute atomic E-state index is 12.8. The average molecular weight is 346 g/mol. The maximum Gasteiger partial charge on any atom is 0.224 e. The molecule has 3 rings (SSSR count). The third-order valence-electron chi connectivity index (χ3n) is 4.97. The van der Waals surface area contributed by atoms with E-state index in [0.717, 1.165) is 70.2 Å². The van der Waals surface area contributed by atoms with Crippen LogP contribution in [0.2, 0.25) is 0 Å². The SMILES string of the molecule is CN(C)Cc1cccc(C2CCCN2C(=O)CCN2CCOCC2)n1. The summed E-state index contributed by atoms with van der Waals surface area (Å²) >= 11 is 0. The molecule has 1 atom stereocenters. The standard InChI is InChI=1S/C19H30N4O2/c1-21(2)15-16-5-3-6-17(20-16)18-7-4-9-23(18)19(24)8-10-22-11-13-25-14-12-22/h3,5-6,18H,4,7-15H2,1-2H3. The Kier molecular flexibility index (Phi) is 6.39. The average Bonchev–Trinajstić information content (AvgIpc) is 3.10. The van der Waals surface area contributed by atoms with Crippen molar-refractivity contribution in [2.75, 3.05) is 53.5 Å². The zero-order valence-corrected chi connectivity index (χ0v) is 15.5. The van der Waals surface area contributed by atoms with Crippen LogP contribution in [0.25, 0.3) is 0 Å². The summed E-state index contributed by atoms with van der Waals surface area (Å²) in [5.41, 5.74) is 2.10. The van der Waals surface area contributed by atoms with Gasteiger partial charge in [-0.15, -0.1) is 0 Å². The molecule has 0 N–H and O–H groups in total. The van der Waals surface area contributed by atoms with Gasteiger partial charge in [0, 0.05) is 39.1 Å². The molecule has 6 nitrogen and oxygen atoms in total. The van der Waals surface area contributed by atoms with Crippen molar-refractivity contribution in [1.29, 1.82) is 0 Å². The largest absolute Gasteiger partial charge is 0.379 e. The van der Waals surface area contributed by atoms with Crippen LogP contribution in [0.1, 0.15) is 36.7 Å². The molecular formula is C19H30N4O2. The Morgan fingerprint density at radius 2 is 2.08 bits per heavy atom. The lowest BCUT2D eigenvalue weighted by atomic mass is 10.1. The minimum absolute atomic E-state index is 0.138. The van der Waals surface area contributed by atoms with Crippen molar-refractivity contribution in [3.05, 3.63) is 29.6 Å². The highest BCUT2D eigenvalue weighted by molar-refractivity contribution is 5.77. The number of aromatic nitrogens is 1. The van der Waals surface area contributed by atoms with Crippen LogP contribution in [0.4, 0.5) is 0 Å². The number of nitrogens with zero attached hydrogens (tertiary/aromatic N) is 4. The summed E-state index contributed by atoms with van der Waals surface area (Å²) < 4.78 is 5.37. The third-order valence-corrected chi connectivity index (χ3v) is 4.97. The van der Waals surface area contributed by atoms with Gasteiger partial charge < -0.3 is 14.5 Å². The maximum atomic E-state index is 12.8. The van der Waals surface area contributed by atoms with Crippen molar-refractivity contribution in [3.63, 3.8) is 0 Å². The second-order valence-electron chi connectivity index (χ2n) is 7.24. The van der Waals surface area contributed by atoms with Gasteiger partial charge in [0.05, 0.1) is 30.6 Å². The minimum atomic E-state index is 0.138. The zero-order chi connectivity index (χ0) is 17.6. The Labute approximate surface area is 150 Å². The summed E-state index contributed by atoms with van der Waals surface area (Å²) in [7, 11) is 4.09. The van der Waals surface area contributed by atoms with Crippen LogP contribution in [0, 0.1) is 0 Å². The van der Waals surface area contributed by atoms with Crippen LogP contribution < -0.4 is 0 Å². The smallest absolute Gasteiger partial charge is 0.224 e. The Bertz CT molecular complexity index is 572. The summed E-state index contributed by atoms with van der Waals surface area (Å²) in [6, 6.07) is 6.33. The summed E-state index contributed by atoms with van der Waals surface area (Å²) in [6.07, 6.45) is 2.67. The molecule has 1 amide bonds. The highest BCUT2D eigenvalue weighted by Crippen LogP contribution is 2.31. The fourth-order valence-electron chi connectivity index (χ4n) is 3.69. The van der Waals surface area contributed by atoms with Gasteiger partial charge in [0.2, 0.25) is 5.91 Å². The lowest BCUT2D eigenvalue weighted by molar-refractivity contribution is -0.132. The van der Waals surface area contributed by atoms with E-state index in [1.807, 2.05) is 19.0 Å². The molecule has 6 heteroatoms. The highest BCUT2D eigenvalue weighted by atomic mass is 16.5. The third kappa shape index (κ3) is 5.00. The lowest BCUT2D eigenvalue weighted by Crippen LogP contribution is -2.39. The molecule has 3 heterocycles. The molecule has 25 heavy (non-hydrogen) atoms. The number of hydrogen-bond donors (Lipinski definition) is 0. The van der Waals surface area contributed by atoms with E-state index < -0.39 is 0 Å². The van der Waals surface area contributed by atoms with Gasteiger partial charge in [0.15, 0.2) is 0 Å². The summed E-state index contributed by atoms with van der Waals surface area (Å²) in [5.74, 6) is 0.258. The van der Waals surface area contributed by atoms with Crippen molar-refractivity contribution in [2.45, 2.75) is 31.8 Å². The normalized spacial score (nSPS) is 21.9. The van der Waals surface area contributed by atoms with Gasteiger partial charge in [-0.3, -0.25) is 14.7 Å². The Morgan fingerprint density at radius 3 is 2.84 bits per heavy atom. The molecule has 2 aliphatic rings. The van der Waals surface area contributed by atoms with E-state index in [-0.39, 0.29) is 11.9 Å². The molecule has 0 aromatic carbocycles. The molecule has 1 aromatic rings. The van der Waals surface area contributed by atoms with Gasteiger partial charge in [-0.05, 0) is 39.1 Å². The van der Waals surface area contributed by atoms with E-state index in [1.165, 1.54) is 0 Å². The molecule has 138 valence electrons. The number of rotatable bonds is 6. The van der Waals surface area contributed by atoms with Crippen LogP contribution >= 0.6 is 0 Å². The van der Waals surface area contributed by atoms with Crippen LogP contribution in [-0.2, 0) is 16.1 Å². The van der Waals surface area contributed by atoms with Crippen LogP contribution in [0.5, 0.6) is 0 Å². The van der Waals surface area contributed by atoms with Crippen LogP contribution in [-0.4, -0.2) is 79.1 Å². The number of hydrogen-bond acceptors (Lipinski definition) is 5. The van der Waals surface area contributed by atoms with E-state index in [1.54, 1.807) is 0 Å². The van der Waals surface area contributed by atoms with Gasteiger partial charge >= 0.3 is 0 Å². The number of amides is 1. The van der Waals surface area contributed by atoms with Gasteiger partial charge in [-0.1, -0.05) is 6.07 Å². The van der Waals surface area contributed by atoms with Crippen molar-refractivity contribution in [2.24, 2.45) is 0 Å². The number of likely N-dealkylation sites (tertiary alicyclic amines) is 1. The fraction of sp³-hybridized carbons (Fsp3) is 0.684. The van der Waals surface area contributed by atoms with E-state index in [0.29, 0.717) is 6.42 Å². The van der Waals surface area contributed by atoms with Crippen molar-refractivity contribution in [1.82, 2.24) is 19.7 Å². The monoisotopic (exact) mass is 346 g/mol. The quantitative estimate of drug-likeness (QED) is 0.782. The first-order valence-electron chi connectivity index (χ1n) is 9.33. The van der Waals surface area contributed by atoms with E-state index in [4.69, 9.17) is 9.72 Å². The van der Waals surface area contributed by atoms with Crippen molar-refractivity contribution < 1.29 is 9.53 Å². The highest BCUT2D eigenvalue weighted by Gasteiger charge is 2.31. The molecular weight excluding hydrogens is 316 g/mol. The van der Waals surface area contributed by atoms with Crippen LogP contribution in [0.15, 0.2) is 18.2 Å².